The van der Waals surface area contributed by atoms with Gasteiger partial charge in [0.05, 0.1) is 0 Å². The van der Waals surface area contributed by atoms with Crippen molar-refractivity contribution in [1.82, 2.24) is 4.90 Å². The minimum absolute atomic E-state index is 0.0357. The van der Waals surface area contributed by atoms with Crippen LogP contribution in [0.2, 0.25) is 5.02 Å². The van der Waals surface area contributed by atoms with Crippen LogP contribution in [0.4, 0.5) is 0 Å². The number of nitrogens with zero attached hydrogens (tertiary/aromatic N) is 1. The van der Waals surface area contributed by atoms with Crippen molar-refractivity contribution in [3.05, 3.63) is 77.3 Å². The highest BCUT2D eigenvalue weighted by Crippen LogP contribution is 2.37. The highest BCUT2D eigenvalue weighted by atomic mass is 35.5. The molecular formula is C23H22ClNO2S. The van der Waals surface area contributed by atoms with Crippen molar-refractivity contribution in [2.45, 2.75) is 11.7 Å². The van der Waals surface area contributed by atoms with Crippen LogP contribution in [-0.2, 0) is 4.79 Å². The molecule has 1 unspecified atom stereocenters. The molecule has 1 heterocycles. The standard InChI is InChI=1S/C23H22ClNO2S/c24-21-8-4-3-7-20(21)22-11-12-25(13-14-28-22)23(26)16-27-19-10-9-17-5-1-2-6-18(17)15-19/h1-10,15,22H,11-14,16H2. The molecule has 0 aliphatic carbocycles. The van der Waals surface area contributed by atoms with E-state index in [0.717, 1.165) is 52.4 Å². The van der Waals surface area contributed by atoms with Gasteiger partial charge in [-0.05, 0) is 41.0 Å². The number of hydrogen-bond acceptors (Lipinski definition) is 3. The van der Waals surface area contributed by atoms with Crippen molar-refractivity contribution in [2.24, 2.45) is 0 Å². The molecule has 0 N–H and O–H groups in total. The summed E-state index contributed by atoms with van der Waals surface area (Å²) in [6.45, 7) is 1.54. The summed E-state index contributed by atoms with van der Waals surface area (Å²) in [5.74, 6) is 1.66. The Labute approximate surface area is 174 Å². The fourth-order valence-corrected chi connectivity index (χ4v) is 5.10. The van der Waals surface area contributed by atoms with Crippen LogP contribution in [0.15, 0.2) is 66.7 Å². The first-order valence-electron chi connectivity index (χ1n) is 9.46. The third kappa shape index (κ3) is 4.45. The molecule has 1 aliphatic heterocycles. The van der Waals surface area contributed by atoms with E-state index in [2.05, 4.69) is 12.1 Å². The minimum Gasteiger partial charge on any atom is -0.484 e. The average molecular weight is 412 g/mol. The largest absolute Gasteiger partial charge is 0.484 e. The molecule has 1 aliphatic rings. The van der Waals surface area contributed by atoms with Gasteiger partial charge in [-0.1, -0.05) is 60.1 Å². The lowest BCUT2D eigenvalue weighted by Crippen LogP contribution is -2.36. The van der Waals surface area contributed by atoms with Crippen molar-refractivity contribution < 1.29 is 9.53 Å². The number of halogens is 1. The molecule has 144 valence electrons. The molecule has 0 radical (unpaired) electrons. The smallest absolute Gasteiger partial charge is 0.260 e. The number of ether oxygens (including phenoxy) is 1. The van der Waals surface area contributed by atoms with Crippen LogP contribution in [0.3, 0.4) is 0 Å². The summed E-state index contributed by atoms with van der Waals surface area (Å²) >= 11 is 8.22. The molecule has 3 aromatic rings. The number of hydrogen-bond donors (Lipinski definition) is 0. The zero-order valence-electron chi connectivity index (χ0n) is 15.5. The fraction of sp³-hybridized carbons (Fsp3) is 0.261. The van der Waals surface area contributed by atoms with E-state index in [-0.39, 0.29) is 12.5 Å². The molecule has 0 spiro atoms. The Morgan fingerprint density at radius 1 is 1.04 bits per heavy atom. The van der Waals surface area contributed by atoms with Gasteiger partial charge in [0.25, 0.3) is 5.91 Å². The lowest BCUT2D eigenvalue weighted by atomic mass is 10.1. The number of benzene rings is 3. The van der Waals surface area contributed by atoms with Crippen molar-refractivity contribution in [3.8, 4) is 5.75 Å². The second-order valence-corrected chi connectivity index (χ2v) is 8.57. The summed E-state index contributed by atoms with van der Waals surface area (Å²) in [5.41, 5.74) is 1.16. The fourth-order valence-electron chi connectivity index (χ4n) is 3.50. The van der Waals surface area contributed by atoms with Crippen LogP contribution < -0.4 is 4.74 Å². The molecule has 3 nitrogen and oxygen atoms in total. The number of fused-ring (bicyclic) bond motifs is 1. The van der Waals surface area contributed by atoms with Gasteiger partial charge in [0.1, 0.15) is 5.75 Å². The predicted molar refractivity (Wildman–Crippen MR) is 117 cm³/mol. The van der Waals surface area contributed by atoms with Crippen LogP contribution in [0.1, 0.15) is 17.2 Å². The van der Waals surface area contributed by atoms with Crippen LogP contribution in [-0.4, -0.2) is 36.3 Å². The number of amides is 1. The maximum Gasteiger partial charge on any atom is 0.260 e. The zero-order chi connectivity index (χ0) is 19.3. The highest BCUT2D eigenvalue weighted by molar-refractivity contribution is 7.99. The van der Waals surface area contributed by atoms with Gasteiger partial charge < -0.3 is 9.64 Å². The van der Waals surface area contributed by atoms with Gasteiger partial charge in [-0.25, -0.2) is 0 Å². The van der Waals surface area contributed by atoms with E-state index in [4.69, 9.17) is 16.3 Å². The number of thioether (sulfide) groups is 1. The minimum atomic E-state index is 0.0357. The van der Waals surface area contributed by atoms with Crippen molar-refractivity contribution in [3.63, 3.8) is 0 Å². The van der Waals surface area contributed by atoms with Crippen LogP contribution in [0.25, 0.3) is 10.8 Å². The highest BCUT2D eigenvalue weighted by Gasteiger charge is 2.23. The molecular weight excluding hydrogens is 390 g/mol. The molecule has 0 bridgehead atoms. The quantitative estimate of drug-likeness (QED) is 0.561. The van der Waals surface area contributed by atoms with E-state index in [1.165, 1.54) is 0 Å². The lowest BCUT2D eigenvalue weighted by molar-refractivity contribution is -0.133. The van der Waals surface area contributed by atoms with E-state index in [1.54, 1.807) is 0 Å². The molecule has 5 heteroatoms. The number of carbonyl (C=O) groups is 1. The Morgan fingerprint density at radius 2 is 1.82 bits per heavy atom. The van der Waals surface area contributed by atoms with E-state index in [9.17, 15) is 4.79 Å². The maximum atomic E-state index is 12.7. The van der Waals surface area contributed by atoms with Crippen LogP contribution >= 0.6 is 23.4 Å². The Kier molecular flexibility index (Phi) is 6.08. The van der Waals surface area contributed by atoms with Crippen molar-refractivity contribution in [2.75, 3.05) is 25.4 Å². The monoisotopic (exact) mass is 411 g/mol. The second kappa shape index (κ2) is 8.89. The molecule has 1 amide bonds. The Bertz CT molecular complexity index is 977. The number of rotatable bonds is 4. The summed E-state index contributed by atoms with van der Waals surface area (Å²) in [5, 5.41) is 3.41. The van der Waals surface area contributed by atoms with Gasteiger partial charge in [-0.2, -0.15) is 11.8 Å². The number of carbonyl (C=O) groups excluding carboxylic acids is 1. The van der Waals surface area contributed by atoms with E-state index < -0.39 is 0 Å². The molecule has 0 aromatic heterocycles. The zero-order valence-corrected chi connectivity index (χ0v) is 17.1. The third-order valence-corrected chi connectivity index (χ3v) is 6.68. The Balaban J connectivity index is 1.35. The molecule has 1 atom stereocenters. The van der Waals surface area contributed by atoms with Crippen LogP contribution in [0.5, 0.6) is 5.75 Å². The normalized spacial score (nSPS) is 17.3. The summed E-state index contributed by atoms with van der Waals surface area (Å²) < 4.78 is 5.78. The molecule has 0 saturated carbocycles. The SMILES string of the molecule is O=C(COc1ccc2ccccc2c1)N1CCSC(c2ccccc2Cl)CC1. The first kappa shape index (κ1) is 19.2. The van der Waals surface area contributed by atoms with E-state index >= 15 is 0 Å². The van der Waals surface area contributed by atoms with Crippen LogP contribution in [0, 0.1) is 0 Å². The van der Waals surface area contributed by atoms with Gasteiger partial charge in [0.2, 0.25) is 0 Å². The first-order chi connectivity index (χ1) is 13.7. The molecule has 1 saturated heterocycles. The summed E-state index contributed by atoms with van der Waals surface area (Å²) in [6.07, 6.45) is 0.899. The topological polar surface area (TPSA) is 29.5 Å². The lowest BCUT2D eigenvalue weighted by Gasteiger charge is -2.20. The Morgan fingerprint density at radius 3 is 2.68 bits per heavy atom. The Hall–Kier alpha value is -2.17. The molecule has 3 aromatic carbocycles. The molecule has 1 fully saturated rings. The molecule has 4 rings (SSSR count). The average Bonchev–Trinajstić information content (AvgIpc) is 2.98. The first-order valence-corrected chi connectivity index (χ1v) is 10.9. The second-order valence-electron chi connectivity index (χ2n) is 6.85. The summed E-state index contributed by atoms with van der Waals surface area (Å²) in [7, 11) is 0. The van der Waals surface area contributed by atoms with Gasteiger partial charge in [-0.3, -0.25) is 4.79 Å². The maximum absolute atomic E-state index is 12.7. The van der Waals surface area contributed by atoms with Gasteiger partial charge in [0, 0.05) is 29.1 Å². The van der Waals surface area contributed by atoms with Crippen molar-refractivity contribution >= 4 is 40.0 Å². The summed E-state index contributed by atoms with van der Waals surface area (Å²) in [6, 6.07) is 22.0. The predicted octanol–water partition coefficient (Wildman–Crippen LogP) is 5.58. The van der Waals surface area contributed by atoms with Crippen molar-refractivity contribution in [1.29, 1.82) is 0 Å². The van der Waals surface area contributed by atoms with Gasteiger partial charge in [-0.15, -0.1) is 0 Å². The third-order valence-electron chi connectivity index (χ3n) is 5.03. The van der Waals surface area contributed by atoms with E-state index in [0.29, 0.717) is 5.25 Å². The van der Waals surface area contributed by atoms with Gasteiger partial charge in [0.15, 0.2) is 6.61 Å². The van der Waals surface area contributed by atoms with E-state index in [1.807, 2.05) is 71.3 Å². The summed E-state index contributed by atoms with van der Waals surface area (Å²) in [4.78, 5) is 14.6. The molecule has 28 heavy (non-hydrogen) atoms. The van der Waals surface area contributed by atoms with Gasteiger partial charge >= 0.3 is 0 Å².